The van der Waals surface area contributed by atoms with Gasteiger partial charge in [-0.3, -0.25) is 9.59 Å². The van der Waals surface area contributed by atoms with Crippen LogP contribution in [-0.2, 0) is 19.1 Å². The molecule has 0 saturated heterocycles. The number of hydrogen-bond acceptors (Lipinski definition) is 5. The maximum Gasteiger partial charge on any atom is 0.306 e. The van der Waals surface area contributed by atoms with Crippen molar-refractivity contribution in [2.45, 2.75) is 168 Å². The Labute approximate surface area is 242 Å². The van der Waals surface area contributed by atoms with E-state index in [1.54, 1.807) is 0 Å². The van der Waals surface area contributed by atoms with Crippen molar-refractivity contribution < 1.29 is 19.1 Å². The Bertz CT molecular complexity index is 578. The zero-order valence-electron chi connectivity index (χ0n) is 26.5. The quantitative estimate of drug-likeness (QED) is 0.0526. The minimum absolute atomic E-state index is 0.0464. The fourth-order valence-corrected chi connectivity index (χ4v) is 4.82. The van der Waals surface area contributed by atoms with Crippen molar-refractivity contribution >= 4 is 11.9 Å². The number of hydrogen-bond donors (Lipinski definition) is 0. The molecule has 1 unspecified atom stereocenters. The van der Waals surface area contributed by atoms with Crippen LogP contribution in [0.4, 0.5) is 0 Å². The molecule has 5 nitrogen and oxygen atoms in total. The van der Waals surface area contributed by atoms with Crippen LogP contribution in [0.5, 0.6) is 0 Å². The van der Waals surface area contributed by atoms with Crippen molar-refractivity contribution in [2.75, 3.05) is 26.7 Å². The first kappa shape index (κ1) is 37.6. The molecule has 0 spiro atoms. The van der Waals surface area contributed by atoms with Crippen LogP contribution in [-0.4, -0.2) is 49.7 Å². The number of esters is 2. The Morgan fingerprint density at radius 3 is 1.67 bits per heavy atom. The lowest BCUT2D eigenvalue weighted by atomic mass is 10.0. The van der Waals surface area contributed by atoms with Crippen molar-refractivity contribution in [3.05, 3.63) is 12.2 Å². The third kappa shape index (κ3) is 28.0. The van der Waals surface area contributed by atoms with E-state index < -0.39 is 0 Å². The molecule has 0 radical (unpaired) electrons. The van der Waals surface area contributed by atoms with Gasteiger partial charge in [-0.15, -0.1) is 0 Å². The first-order valence-electron chi connectivity index (χ1n) is 16.7. The molecule has 0 aliphatic carbocycles. The predicted octanol–water partition coefficient (Wildman–Crippen LogP) is 9.57. The first-order valence-corrected chi connectivity index (χ1v) is 16.7. The molecular formula is C34H65NO4. The van der Waals surface area contributed by atoms with E-state index in [9.17, 15) is 9.59 Å². The van der Waals surface area contributed by atoms with Gasteiger partial charge < -0.3 is 14.4 Å². The third-order valence-corrected chi connectivity index (χ3v) is 7.38. The van der Waals surface area contributed by atoms with E-state index in [1.165, 1.54) is 83.5 Å². The van der Waals surface area contributed by atoms with Gasteiger partial charge in [0.15, 0.2) is 0 Å². The van der Waals surface area contributed by atoms with Gasteiger partial charge in [-0.2, -0.15) is 0 Å². The van der Waals surface area contributed by atoms with Gasteiger partial charge >= 0.3 is 11.9 Å². The highest BCUT2D eigenvalue weighted by Gasteiger charge is 2.14. The molecule has 0 N–H and O–H groups in total. The lowest BCUT2D eigenvalue weighted by molar-refractivity contribution is -0.150. The fraction of sp³-hybridized carbons (Fsp3) is 0.882. The molecule has 0 amide bonds. The number of carbonyl (C=O) groups excluding carboxylic acids is 2. The number of unbranched alkanes of at least 4 members (excludes halogenated alkanes) is 13. The molecule has 0 bridgehead atoms. The summed E-state index contributed by atoms with van der Waals surface area (Å²) in [7, 11) is 2.05. The minimum atomic E-state index is -0.131. The summed E-state index contributed by atoms with van der Waals surface area (Å²) in [6.07, 6.45) is 28.6. The second-order valence-corrected chi connectivity index (χ2v) is 11.4. The molecule has 5 heteroatoms. The lowest BCUT2D eigenvalue weighted by Gasteiger charge is -2.19. The molecule has 39 heavy (non-hydrogen) atoms. The molecule has 0 aromatic rings. The molecule has 230 valence electrons. The van der Waals surface area contributed by atoms with Gasteiger partial charge in [0.25, 0.3) is 0 Å². The summed E-state index contributed by atoms with van der Waals surface area (Å²) in [5.41, 5.74) is 0. The predicted molar refractivity (Wildman–Crippen MR) is 166 cm³/mol. The monoisotopic (exact) mass is 551 g/mol. The maximum absolute atomic E-state index is 12.6. The largest absolute Gasteiger partial charge is 0.462 e. The molecule has 1 atom stereocenters. The lowest BCUT2D eigenvalue weighted by Crippen LogP contribution is -2.23. The van der Waals surface area contributed by atoms with E-state index in [-0.39, 0.29) is 18.0 Å². The van der Waals surface area contributed by atoms with Crippen molar-refractivity contribution in [3.8, 4) is 0 Å². The summed E-state index contributed by atoms with van der Waals surface area (Å²) in [5, 5.41) is 0. The van der Waals surface area contributed by atoms with E-state index >= 15 is 0 Å². The van der Waals surface area contributed by atoms with Crippen molar-refractivity contribution in [3.63, 3.8) is 0 Å². The van der Waals surface area contributed by atoms with Gasteiger partial charge in [0.2, 0.25) is 0 Å². The van der Waals surface area contributed by atoms with Crippen molar-refractivity contribution in [2.24, 2.45) is 0 Å². The molecule has 0 heterocycles. The number of carbonyl (C=O) groups is 2. The van der Waals surface area contributed by atoms with Gasteiger partial charge in [0.05, 0.1) is 0 Å². The average molecular weight is 552 g/mol. The molecule has 0 aliphatic rings. The van der Waals surface area contributed by atoms with E-state index in [0.717, 1.165) is 58.0 Å². The van der Waals surface area contributed by atoms with E-state index in [0.29, 0.717) is 19.4 Å². The zero-order chi connectivity index (χ0) is 28.8. The fourth-order valence-electron chi connectivity index (χ4n) is 4.82. The van der Waals surface area contributed by atoms with Crippen LogP contribution < -0.4 is 0 Å². The second kappa shape index (κ2) is 29.6. The summed E-state index contributed by atoms with van der Waals surface area (Å²) >= 11 is 0. The Kier molecular flexibility index (Phi) is 28.6. The summed E-state index contributed by atoms with van der Waals surface area (Å²) < 4.78 is 11.2. The molecule has 0 rings (SSSR count). The van der Waals surface area contributed by atoms with Crippen LogP contribution in [0.3, 0.4) is 0 Å². The number of nitrogens with zero attached hydrogens (tertiary/aromatic N) is 1. The Morgan fingerprint density at radius 1 is 0.615 bits per heavy atom. The third-order valence-electron chi connectivity index (χ3n) is 7.38. The maximum atomic E-state index is 12.6. The minimum Gasteiger partial charge on any atom is -0.462 e. The summed E-state index contributed by atoms with van der Waals surface area (Å²) in [4.78, 5) is 26.7. The van der Waals surface area contributed by atoms with Crippen molar-refractivity contribution in [1.82, 2.24) is 4.90 Å². The van der Waals surface area contributed by atoms with Crippen LogP contribution in [0, 0.1) is 0 Å². The molecule has 0 aliphatic heterocycles. The van der Waals surface area contributed by atoms with E-state index in [1.807, 2.05) is 6.08 Å². The second-order valence-electron chi connectivity index (χ2n) is 11.4. The highest BCUT2D eigenvalue weighted by Crippen LogP contribution is 2.17. The molecule has 0 aromatic carbocycles. The topological polar surface area (TPSA) is 55.8 Å². The first-order chi connectivity index (χ1) is 19.0. The van der Waals surface area contributed by atoms with Crippen LogP contribution in [0.1, 0.15) is 162 Å². The van der Waals surface area contributed by atoms with Crippen LogP contribution >= 0.6 is 0 Å². The SMILES string of the molecule is CCCCCC/C=C\COC(=O)CCCN(C)CCCC(=O)OC(CCCCCCC)CCCCCCCC. The van der Waals surface area contributed by atoms with Gasteiger partial charge in [-0.1, -0.05) is 110 Å². The van der Waals surface area contributed by atoms with Crippen LogP contribution in [0.15, 0.2) is 12.2 Å². The van der Waals surface area contributed by atoms with Crippen molar-refractivity contribution in [1.29, 1.82) is 0 Å². The highest BCUT2D eigenvalue weighted by molar-refractivity contribution is 5.69. The molecular weight excluding hydrogens is 486 g/mol. The zero-order valence-corrected chi connectivity index (χ0v) is 26.5. The smallest absolute Gasteiger partial charge is 0.306 e. The number of allylic oxidation sites excluding steroid dienone is 1. The Hall–Kier alpha value is -1.36. The van der Waals surface area contributed by atoms with Gasteiger partial charge in [-0.25, -0.2) is 0 Å². The van der Waals surface area contributed by atoms with Crippen LogP contribution in [0.25, 0.3) is 0 Å². The van der Waals surface area contributed by atoms with Gasteiger partial charge in [-0.05, 0) is 71.5 Å². The van der Waals surface area contributed by atoms with Crippen LogP contribution in [0.2, 0.25) is 0 Å². The van der Waals surface area contributed by atoms with E-state index in [4.69, 9.17) is 9.47 Å². The standard InChI is InChI=1S/C34H65NO4/c1-5-8-11-14-16-19-22-31-38-33(36)27-23-29-35(4)30-24-28-34(37)39-32(25-20-17-13-10-7-3)26-21-18-15-12-9-6-2/h19,22,32H,5-18,20-21,23-31H2,1-4H3/b22-19-. The Morgan fingerprint density at radius 2 is 1.10 bits per heavy atom. The summed E-state index contributed by atoms with van der Waals surface area (Å²) in [5.74, 6) is -0.177. The highest BCUT2D eigenvalue weighted by atomic mass is 16.5. The number of rotatable bonds is 29. The normalized spacial score (nSPS) is 12.3. The Balaban J connectivity index is 4.02. The molecule has 0 saturated carbocycles. The molecule has 0 fully saturated rings. The van der Waals surface area contributed by atoms with E-state index in [2.05, 4.69) is 38.8 Å². The summed E-state index contributed by atoms with van der Waals surface area (Å²) in [6, 6.07) is 0. The summed E-state index contributed by atoms with van der Waals surface area (Å²) in [6.45, 7) is 8.75. The number of ether oxygens (including phenoxy) is 2. The molecule has 0 aromatic heterocycles. The average Bonchev–Trinajstić information content (AvgIpc) is 2.91. The van der Waals surface area contributed by atoms with Gasteiger partial charge in [0, 0.05) is 12.8 Å². The van der Waals surface area contributed by atoms with Gasteiger partial charge in [0.1, 0.15) is 12.7 Å².